The summed E-state index contributed by atoms with van der Waals surface area (Å²) < 4.78 is 17.0. The maximum Gasteiger partial charge on any atom is 0.222 e. The minimum atomic E-state index is -1.56. The highest BCUT2D eigenvalue weighted by Gasteiger charge is 2.49. The third-order valence-electron chi connectivity index (χ3n) is 3.39. The van der Waals surface area contributed by atoms with Crippen LogP contribution in [0, 0.1) is 6.92 Å². The molecular weight excluding hydrogens is 334 g/mol. The summed E-state index contributed by atoms with van der Waals surface area (Å²) in [6.07, 6.45) is 0. The van der Waals surface area contributed by atoms with E-state index in [0.717, 1.165) is 5.82 Å². The zero-order valence-corrected chi connectivity index (χ0v) is 12.9. The number of aromatic nitrogens is 3. The summed E-state index contributed by atoms with van der Waals surface area (Å²) in [6, 6.07) is 0.298. The van der Waals surface area contributed by atoms with Gasteiger partial charge in [-0.2, -0.15) is 0 Å². The van der Waals surface area contributed by atoms with E-state index in [-0.39, 0.29) is 16.1 Å². The molecule has 1 aromatic heterocycles. The molecule has 0 aliphatic carbocycles. The molecule has 0 saturated carbocycles. The Balaban J connectivity index is 2.60. The summed E-state index contributed by atoms with van der Waals surface area (Å²) in [4.78, 5) is 1.86. The summed E-state index contributed by atoms with van der Waals surface area (Å²) >= 11 is 2.31. The van der Waals surface area contributed by atoms with E-state index in [1.807, 2.05) is 30.2 Å². The standard InChI is InChI=1S/C11H18FIN4/c1-6(2)17-9(13)7(3)16-8(4)14-15-10(16)11(17,5)12/h6-7,9H,1-5H3. The van der Waals surface area contributed by atoms with E-state index in [4.69, 9.17) is 0 Å². The number of aryl methyl sites for hydroxylation is 1. The number of hydrogen-bond acceptors (Lipinski definition) is 3. The quantitative estimate of drug-likeness (QED) is 0.443. The average Bonchev–Trinajstić information content (AvgIpc) is 2.57. The Morgan fingerprint density at radius 2 is 2.00 bits per heavy atom. The van der Waals surface area contributed by atoms with E-state index in [0.29, 0.717) is 5.82 Å². The van der Waals surface area contributed by atoms with Crippen LogP contribution in [0.3, 0.4) is 0 Å². The van der Waals surface area contributed by atoms with E-state index < -0.39 is 5.79 Å². The van der Waals surface area contributed by atoms with Gasteiger partial charge in [-0.25, -0.2) is 9.29 Å². The van der Waals surface area contributed by atoms with Crippen LogP contribution in [-0.4, -0.2) is 29.8 Å². The van der Waals surface area contributed by atoms with Crippen LogP contribution >= 0.6 is 22.6 Å². The van der Waals surface area contributed by atoms with Crippen molar-refractivity contribution in [1.29, 1.82) is 0 Å². The monoisotopic (exact) mass is 352 g/mol. The lowest BCUT2D eigenvalue weighted by Crippen LogP contribution is -2.56. The molecule has 0 N–H and O–H groups in total. The van der Waals surface area contributed by atoms with E-state index in [9.17, 15) is 0 Å². The lowest BCUT2D eigenvalue weighted by atomic mass is 10.1. The molecule has 0 aromatic carbocycles. The second kappa shape index (κ2) is 4.15. The smallest absolute Gasteiger partial charge is 0.222 e. The van der Waals surface area contributed by atoms with Gasteiger partial charge in [-0.15, -0.1) is 10.2 Å². The maximum atomic E-state index is 15.0. The maximum absolute atomic E-state index is 15.0. The number of fused-ring (bicyclic) bond motifs is 1. The third kappa shape index (κ3) is 1.80. The second-order valence-corrected chi connectivity index (χ2v) is 6.28. The van der Waals surface area contributed by atoms with Gasteiger partial charge in [0.15, 0.2) is 5.82 Å². The highest BCUT2D eigenvalue weighted by molar-refractivity contribution is 14.1. The Morgan fingerprint density at radius 1 is 1.41 bits per heavy atom. The Labute approximate surface area is 115 Å². The van der Waals surface area contributed by atoms with E-state index >= 15 is 4.39 Å². The first-order chi connectivity index (χ1) is 7.78. The third-order valence-corrected chi connectivity index (χ3v) is 5.03. The van der Waals surface area contributed by atoms with Crippen LogP contribution in [0.2, 0.25) is 0 Å². The molecule has 2 heterocycles. The van der Waals surface area contributed by atoms with Gasteiger partial charge in [0, 0.05) is 6.04 Å². The van der Waals surface area contributed by atoms with Crippen molar-refractivity contribution in [2.45, 2.75) is 56.5 Å². The predicted molar refractivity (Wildman–Crippen MR) is 72.7 cm³/mol. The summed E-state index contributed by atoms with van der Waals surface area (Å²) in [6.45, 7) is 9.55. The molecule has 17 heavy (non-hydrogen) atoms. The first-order valence-electron chi connectivity index (χ1n) is 5.82. The van der Waals surface area contributed by atoms with Crippen molar-refractivity contribution in [3.63, 3.8) is 0 Å². The van der Waals surface area contributed by atoms with Gasteiger partial charge in [0.1, 0.15) is 5.82 Å². The average molecular weight is 352 g/mol. The molecule has 2 rings (SSSR count). The number of hydrogen-bond donors (Lipinski definition) is 0. The van der Waals surface area contributed by atoms with Crippen molar-refractivity contribution in [2.75, 3.05) is 0 Å². The molecular formula is C11H18FIN4. The van der Waals surface area contributed by atoms with Gasteiger partial charge in [0.05, 0.1) is 10.1 Å². The SMILES string of the molecule is Cc1nnc2n1C(C)C(I)N(C(C)C)C2(C)F. The van der Waals surface area contributed by atoms with Crippen LogP contribution in [0.25, 0.3) is 0 Å². The molecule has 0 saturated heterocycles. The highest BCUT2D eigenvalue weighted by Crippen LogP contribution is 2.43. The predicted octanol–water partition coefficient (Wildman–Crippen LogP) is 2.77. The van der Waals surface area contributed by atoms with Crippen LogP contribution in [0.4, 0.5) is 4.39 Å². The fourth-order valence-electron chi connectivity index (χ4n) is 2.64. The summed E-state index contributed by atoms with van der Waals surface area (Å²) in [5.74, 6) is -0.362. The van der Waals surface area contributed by atoms with E-state index in [2.05, 4.69) is 39.7 Å². The molecule has 3 unspecified atom stereocenters. The van der Waals surface area contributed by atoms with Crippen molar-refractivity contribution >= 4 is 22.6 Å². The second-order valence-electron chi connectivity index (χ2n) is 5.01. The first-order valence-corrected chi connectivity index (χ1v) is 7.06. The van der Waals surface area contributed by atoms with Crippen molar-refractivity contribution in [1.82, 2.24) is 19.7 Å². The number of nitrogens with zero attached hydrogens (tertiary/aromatic N) is 4. The summed E-state index contributed by atoms with van der Waals surface area (Å²) in [5, 5.41) is 8.04. The van der Waals surface area contributed by atoms with Gasteiger partial charge in [-0.3, -0.25) is 0 Å². The zero-order valence-electron chi connectivity index (χ0n) is 10.8. The van der Waals surface area contributed by atoms with Gasteiger partial charge < -0.3 is 4.57 Å². The fourth-order valence-corrected chi connectivity index (χ4v) is 4.13. The number of halogens is 2. The fraction of sp³-hybridized carbons (Fsp3) is 0.818. The van der Waals surface area contributed by atoms with Gasteiger partial charge >= 0.3 is 0 Å². The number of rotatable bonds is 1. The first kappa shape index (κ1) is 13.2. The molecule has 1 aromatic rings. The van der Waals surface area contributed by atoms with Gasteiger partial charge in [0.25, 0.3) is 0 Å². The Hall–Kier alpha value is -0.240. The molecule has 0 amide bonds. The molecule has 1 aliphatic heterocycles. The summed E-state index contributed by atoms with van der Waals surface area (Å²) in [7, 11) is 0. The van der Waals surface area contributed by atoms with Crippen molar-refractivity contribution in [3.8, 4) is 0 Å². The Morgan fingerprint density at radius 3 is 2.53 bits per heavy atom. The molecule has 0 bridgehead atoms. The van der Waals surface area contributed by atoms with Crippen molar-refractivity contribution < 1.29 is 4.39 Å². The normalized spacial score (nSPS) is 34.1. The number of alkyl halides is 2. The Bertz CT molecular complexity index is 429. The lowest BCUT2D eigenvalue weighted by Gasteiger charge is -2.47. The van der Waals surface area contributed by atoms with Crippen LogP contribution in [0.5, 0.6) is 0 Å². The van der Waals surface area contributed by atoms with Crippen LogP contribution in [0.1, 0.15) is 45.4 Å². The molecule has 96 valence electrons. The minimum absolute atomic E-state index is 0.0878. The minimum Gasteiger partial charge on any atom is -0.306 e. The molecule has 0 spiro atoms. The van der Waals surface area contributed by atoms with Crippen molar-refractivity contribution in [2.24, 2.45) is 0 Å². The molecule has 3 atom stereocenters. The summed E-state index contributed by atoms with van der Waals surface area (Å²) in [5.41, 5.74) is 0. The molecule has 0 radical (unpaired) electrons. The van der Waals surface area contributed by atoms with E-state index in [1.54, 1.807) is 6.92 Å². The molecule has 1 aliphatic rings. The lowest BCUT2D eigenvalue weighted by molar-refractivity contribution is -0.0863. The largest absolute Gasteiger partial charge is 0.306 e. The molecule has 6 heteroatoms. The Kier molecular flexibility index (Phi) is 3.22. The van der Waals surface area contributed by atoms with Gasteiger partial charge in [0.2, 0.25) is 5.79 Å². The van der Waals surface area contributed by atoms with Gasteiger partial charge in [-0.05, 0) is 34.6 Å². The molecule has 0 fully saturated rings. The van der Waals surface area contributed by atoms with Crippen LogP contribution in [0.15, 0.2) is 0 Å². The van der Waals surface area contributed by atoms with Crippen LogP contribution < -0.4 is 0 Å². The van der Waals surface area contributed by atoms with Gasteiger partial charge in [-0.1, -0.05) is 22.6 Å². The highest BCUT2D eigenvalue weighted by atomic mass is 127. The van der Waals surface area contributed by atoms with E-state index in [1.165, 1.54) is 0 Å². The topological polar surface area (TPSA) is 34.0 Å². The van der Waals surface area contributed by atoms with Crippen molar-refractivity contribution in [3.05, 3.63) is 11.6 Å². The molecule has 4 nitrogen and oxygen atoms in total. The zero-order chi connectivity index (χ0) is 13.0. The van der Waals surface area contributed by atoms with Crippen LogP contribution in [-0.2, 0) is 5.79 Å².